The molecule has 23 heavy (non-hydrogen) atoms. The lowest BCUT2D eigenvalue weighted by Gasteiger charge is -2.35. The smallest absolute Gasteiger partial charge is 0.335 e. The SMILES string of the molecule is CC1c2ccccc2CCN1C(=O)Cc1cccc(C(=O)O)c1. The molecule has 0 fully saturated rings. The first-order valence-corrected chi connectivity index (χ1v) is 7.76. The molecule has 0 spiro atoms. The van der Waals surface area contributed by atoms with Crippen LogP contribution in [0.25, 0.3) is 0 Å². The van der Waals surface area contributed by atoms with Crippen LogP contribution in [0.5, 0.6) is 0 Å². The highest BCUT2D eigenvalue weighted by molar-refractivity contribution is 5.88. The van der Waals surface area contributed by atoms with Crippen molar-refractivity contribution in [2.24, 2.45) is 0 Å². The standard InChI is InChI=1S/C19H19NO3/c1-13-17-8-3-2-6-15(17)9-10-20(13)18(21)12-14-5-4-7-16(11-14)19(22)23/h2-8,11,13H,9-10,12H2,1H3,(H,22,23). The van der Waals surface area contributed by atoms with Gasteiger partial charge in [0.05, 0.1) is 18.0 Å². The van der Waals surface area contributed by atoms with Crippen molar-refractivity contribution in [1.82, 2.24) is 4.90 Å². The largest absolute Gasteiger partial charge is 0.478 e. The molecule has 1 unspecified atom stereocenters. The molecule has 0 aromatic heterocycles. The molecule has 1 amide bonds. The van der Waals surface area contributed by atoms with Gasteiger partial charge in [-0.15, -0.1) is 0 Å². The first-order chi connectivity index (χ1) is 11.1. The molecule has 2 aromatic rings. The summed E-state index contributed by atoms with van der Waals surface area (Å²) in [5.41, 5.74) is 3.46. The van der Waals surface area contributed by atoms with E-state index >= 15 is 0 Å². The van der Waals surface area contributed by atoms with Gasteiger partial charge in [0.15, 0.2) is 0 Å². The molecule has 0 bridgehead atoms. The van der Waals surface area contributed by atoms with E-state index in [-0.39, 0.29) is 23.9 Å². The predicted octanol–water partition coefficient (Wildman–Crippen LogP) is 3.07. The monoisotopic (exact) mass is 309 g/mol. The van der Waals surface area contributed by atoms with Crippen molar-refractivity contribution >= 4 is 11.9 Å². The Morgan fingerprint density at radius 1 is 1.17 bits per heavy atom. The maximum atomic E-state index is 12.6. The van der Waals surface area contributed by atoms with E-state index in [1.165, 1.54) is 17.2 Å². The Bertz CT molecular complexity index is 754. The normalized spacial score (nSPS) is 16.7. The van der Waals surface area contributed by atoms with Gasteiger partial charge in [-0.3, -0.25) is 4.79 Å². The number of carbonyl (C=O) groups is 2. The molecule has 0 saturated carbocycles. The highest BCUT2D eigenvalue weighted by Crippen LogP contribution is 2.29. The quantitative estimate of drug-likeness (QED) is 0.948. The van der Waals surface area contributed by atoms with E-state index in [4.69, 9.17) is 5.11 Å². The summed E-state index contributed by atoms with van der Waals surface area (Å²) in [7, 11) is 0. The molecule has 118 valence electrons. The Kier molecular flexibility index (Phi) is 4.15. The Balaban J connectivity index is 1.77. The second-order valence-corrected chi connectivity index (χ2v) is 5.89. The van der Waals surface area contributed by atoms with E-state index in [9.17, 15) is 9.59 Å². The van der Waals surface area contributed by atoms with Crippen molar-refractivity contribution in [2.75, 3.05) is 6.54 Å². The molecule has 0 radical (unpaired) electrons. The Morgan fingerprint density at radius 3 is 2.74 bits per heavy atom. The summed E-state index contributed by atoms with van der Waals surface area (Å²) in [4.78, 5) is 25.6. The van der Waals surface area contributed by atoms with Gasteiger partial charge >= 0.3 is 5.97 Å². The van der Waals surface area contributed by atoms with Crippen LogP contribution in [0.3, 0.4) is 0 Å². The Hall–Kier alpha value is -2.62. The molecule has 2 aromatic carbocycles. The van der Waals surface area contributed by atoms with Crippen molar-refractivity contribution in [3.63, 3.8) is 0 Å². The minimum atomic E-state index is -0.973. The third-order valence-corrected chi connectivity index (χ3v) is 4.44. The lowest BCUT2D eigenvalue weighted by molar-refractivity contribution is -0.133. The molecule has 1 aliphatic rings. The molecule has 1 atom stereocenters. The topological polar surface area (TPSA) is 57.6 Å². The predicted molar refractivity (Wildman–Crippen MR) is 87.4 cm³/mol. The molecule has 1 heterocycles. The van der Waals surface area contributed by atoms with E-state index in [1.54, 1.807) is 18.2 Å². The molecule has 1 N–H and O–H groups in total. The van der Waals surface area contributed by atoms with Crippen LogP contribution in [0.4, 0.5) is 0 Å². The lowest BCUT2D eigenvalue weighted by Crippen LogP contribution is -2.39. The zero-order valence-corrected chi connectivity index (χ0v) is 13.0. The lowest BCUT2D eigenvalue weighted by atomic mass is 9.93. The average Bonchev–Trinajstić information content (AvgIpc) is 2.55. The van der Waals surface area contributed by atoms with Crippen LogP contribution in [0.15, 0.2) is 48.5 Å². The maximum Gasteiger partial charge on any atom is 0.335 e. The first-order valence-electron chi connectivity index (χ1n) is 7.76. The Labute approximate surface area is 135 Å². The second-order valence-electron chi connectivity index (χ2n) is 5.89. The van der Waals surface area contributed by atoms with Crippen LogP contribution >= 0.6 is 0 Å². The number of carbonyl (C=O) groups excluding carboxylic acids is 1. The van der Waals surface area contributed by atoms with Gasteiger partial charge < -0.3 is 10.0 Å². The number of benzene rings is 2. The molecular weight excluding hydrogens is 290 g/mol. The number of amides is 1. The van der Waals surface area contributed by atoms with Crippen molar-refractivity contribution in [3.05, 3.63) is 70.8 Å². The maximum absolute atomic E-state index is 12.6. The van der Waals surface area contributed by atoms with Gasteiger partial charge in [-0.2, -0.15) is 0 Å². The summed E-state index contributed by atoms with van der Waals surface area (Å²) in [6.45, 7) is 2.75. The first kappa shape index (κ1) is 15.3. The number of carboxylic acids is 1. The zero-order chi connectivity index (χ0) is 16.4. The third-order valence-electron chi connectivity index (χ3n) is 4.44. The van der Waals surface area contributed by atoms with Crippen LogP contribution in [0.2, 0.25) is 0 Å². The minimum Gasteiger partial charge on any atom is -0.478 e. The van der Waals surface area contributed by atoms with Gasteiger partial charge in [-0.25, -0.2) is 4.79 Å². The van der Waals surface area contributed by atoms with E-state index in [2.05, 4.69) is 12.1 Å². The van der Waals surface area contributed by atoms with E-state index in [0.717, 1.165) is 12.0 Å². The molecule has 3 rings (SSSR count). The van der Waals surface area contributed by atoms with Crippen LogP contribution in [0.1, 0.15) is 40.0 Å². The van der Waals surface area contributed by atoms with Crippen molar-refractivity contribution in [2.45, 2.75) is 25.8 Å². The molecule has 1 aliphatic heterocycles. The highest BCUT2D eigenvalue weighted by atomic mass is 16.4. The summed E-state index contributed by atoms with van der Waals surface area (Å²) in [5.74, 6) is -0.936. The molecule has 0 aliphatic carbocycles. The molecule has 4 heteroatoms. The van der Waals surface area contributed by atoms with Gasteiger partial charge in [0, 0.05) is 6.54 Å². The summed E-state index contributed by atoms with van der Waals surface area (Å²) in [6.07, 6.45) is 1.09. The number of nitrogens with zero attached hydrogens (tertiary/aromatic N) is 1. The van der Waals surface area contributed by atoms with Gasteiger partial charge in [-0.1, -0.05) is 36.4 Å². The number of hydrogen-bond acceptors (Lipinski definition) is 2. The summed E-state index contributed by atoms with van der Waals surface area (Å²) in [6, 6.07) is 14.9. The number of hydrogen-bond donors (Lipinski definition) is 1. The van der Waals surface area contributed by atoms with Gasteiger partial charge in [0.2, 0.25) is 5.91 Å². The van der Waals surface area contributed by atoms with Crippen molar-refractivity contribution in [3.8, 4) is 0 Å². The summed E-state index contributed by atoms with van der Waals surface area (Å²) < 4.78 is 0. The minimum absolute atomic E-state index is 0.0366. The fraction of sp³-hybridized carbons (Fsp3) is 0.263. The van der Waals surface area contributed by atoms with E-state index in [0.29, 0.717) is 6.54 Å². The molecule has 0 saturated heterocycles. The zero-order valence-electron chi connectivity index (χ0n) is 13.0. The average molecular weight is 309 g/mol. The van der Waals surface area contributed by atoms with Gasteiger partial charge in [0.25, 0.3) is 0 Å². The number of aromatic carboxylic acids is 1. The summed E-state index contributed by atoms with van der Waals surface area (Å²) >= 11 is 0. The van der Waals surface area contributed by atoms with E-state index < -0.39 is 5.97 Å². The van der Waals surface area contributed by atoms with Crippen LogP contribution < -0.4 is 0 Å². The third kappa shape index (κ3) is 3.11. The molecular formula is C19H19NO3. The van der Waals surface area contributed by atoms with Gasteiger partial charge in [-0.05, 0) is 42.2 Å². The van der Waals surface area contributed by atoms with Crippen LogP contribution in [-0.2, 0) is 17.6 Å². The molecule has 4 nitrogen and oxygen atoms in total. The fourth-order valence-corrected chi connectivity index (χ4v) is 3.20. The van der Waals surface area contributed by atoms with Crippen LogP contribution in [-0.4, -0.2) is 28.4 Å². The number of rotatable bonds is 3. The van der Waals surface area contributed by atoms with Crippen molar-refractivity contribution < 1.29 is 14.7 Å². The second kappa shape index (κ2) is 6.24. The van der Waals surface area contributed by atoms with E-state index in [1.807, 2.05) is 24.0 Å². The summed E-state index contributed by atoms with van der Waals surface area (Å²) in [5, 5.41) is 9.05. The Morgan fingerprint density at radius 2 is 1.96 bits per heavy atom. The van der Waals surface area contributed by atoms with Crippen molar-refractivity contribution in [1.29, 1.82) is 0 Å². The number of carboxylic acid groups (broad SMARTS) is 1. The fourth-order valence-electron chi connectivity index (χ4n) is 3.20. The highest BCUT2D eigenvalue weighted by Gasteiger charge is 2.27. The number of fused-ring (bicyclic) bond motifs is 1. The van der Waals surface area contributed by atoms with Crippen LogP contribution in [0, 0.1) is 0 Å². The van der Waals surface area contributed by atoms with Gasteiger partial charge in [0.1, 0.15) is 0 Å².